The lowest BCUT2D eigenvalue weighted by molar-refractivity contribution is -0.138. The third-order valence-electron chi connectivity index (χ3n) is 2.61. The molecule has 0 aliphatic carbocycles. The van der Waals surface area contributed by atoms with E-state index in [2.05, 4.69) is 21.6 Å². The van der Waals surface area contributed by atoms with Crippen LogP contribution in [0.25, 0.3) is 0 Å². The summed E-state index contributed by atoms with van der Waals surface area (Å²) in [4.78, 5) is 10.6. The van der Waals surface area contributed by atoms with Gasteiger partial charge in [-0.3, -0.25) is 4.79 Å². The van der Waals surface area contributed by atoms with Crippen molar-refractivity contribution in [3.63, 3.8) is 0 Å². The summed E-state index contributed by atoms with van der Waals surface area (Å²) in [7, 11) is 0. The minimum Gasteiger partial charge on any atom is -0.480 e. The standard InChI is InChI=1S/C12H14N4O2/c1-9-3-2-4-10(7-9)5-6-11-13-14-15-16(11)8-12(17)18/h2-4,7H,5-6,8H2,1H3,(H,17,18). The van der Waals surface area contributed by atoms with Crippen LogP contribution in [0, 0.1) is 6.92 Å². The molecule has 6 nitrogen and oxygen atoms in total. The normalized spacial score (nSPS) is 10.5. The predicted molar refractivity (Wildman–Crippen MR) is 64.0 cm³/mol. The number of aliphatic carboxylic acids is 1. The molecule has 0 amide bonds. The van der Waals surface area contributed by atoms with Crippen LogP contribution in [0.2, 0.25) is 0 Å². The van der Waals surface area contributed by atoms with E-state index in [-0.39, 0.29) is 6.54 Å². The maximum atomic E-state index is 10.6. The third kappa shape index (κ3) is 3.13. The Bertz CT molecular complexity index is 551. The van der Waals surface area contributed by atoms with Gasteiger partial charge in [0.1, 0.15) is 6.54 Å². The van der Waals surface area contributed by atoms with Gasteiger partial charge in [0.15, 0.2) is 5.82 Å². The summed E-state index contributed by atoms with van der Waals surface area (Å²) in [5, 5.41) is 19.7. The van der Waals surface area contributed by atoms with E-state index in [0.29, 0.717) is 12.2 Å². The van der Waals surface area contributed by atoms with Gasteiger partial charge in [0.05, 0.1) is 0 Å². The molecule has 0 atom stereocenters. The van der Waals surface area contributed by atoms with Gasteiger partial charge in [0.25, 0.3) is 0 Å². The fourth-order valence-electron chi connectivity index (χ4n) is 1.78. The van der Waals surface area contributed by atoms with Crippen LogP contribution in [-0.2, 0) is 24.2 Å². The molecule has 1 aromatic carbocycles. The van der Waals surface area contributed by atoms with E-state index >= 15 is 0 Å². The van der Waals surface area contributed by atoms with Crippen LogP contribution in [0.4, 0.5) is 0 Å². The summed E-state index contributed by atoms with van der Waals surface area (Å²) in [5.74, 6) is -0.349. The van der Waals surface area contributed by atoms with Crippen molar-refractivity contribution in [2.24, 2.45) is 0 Å². The second-order valence-electron chi connectivity index (χ2n) is 4.14. The van der Waals surface area contributed by atoms with Crippen LogP contribution in [0.15, 0.2) is 24.3 Å². The Hall–Kier alpha value is -2.24. The SMILES string of the molecule is Cc1cccc(CCc2nnnn2CC(=O)O)c1. The zero-order valence-corrected chi connectivity index (χ0v) is 10.1. The molecule has 18 heavy (non-hydrogen) atoms. The first-order chi connectivity index (χ1) is 8.65. The first-order valence-corrected chi connectivity index (χ1v) is 5.67. The number of benzene rings is 1. The van der Waals surface area contributed by atoms with Crippen molar-refractivity contribution in [1.82, 2.24) is 20.2 Å². The highest BCUT2D eigenvalue weighted by Gasteiger charge is 2.09. The molecular weight excluding hydrogens is 232 g/mol. The van der Waals surface area contributed by atoms with Gasteiger partial charge in [0, 0.05) is 6.42 Å². The molecular formula is C12H14N4O2. The van der Waals surface area contributed by atoms with E-state index in [9.17, 15) is 4.79 Å². The minimum absolute atomic E-state index is 0.198. The first-order valence-electron chi connectivity index (χ1n) is 5.67. The van der Waals surface area contributed by atoms with Gasteiger partial charge in [-0.05, 0) is 29.3 Å². The smallest absolute Gasteiger partial charge is 0.325 e. The molecule has 0 fully saturated rings. The molecule has 1 aromatic heterocycles. The summed E-state index contributed by atoms with van der Waals surface area (Å²) < 4.78 is 1.32. The lowest BCUT2D eigenvalue weighted by Crippen LogP contribution is -2.14. The molecule has 1 heterocycles. The van der Waals surface area contributed by atoms with Crippen molar-refractivity contribution < 1.29 is 9.90 Å². The summed E-state index contributed by atoms with van der Waals surface area (Å²) in [6.45, 7) is 1.84. The molecule has 2 rings (SSSR count). The molecule has 0 spiro atoms. The summed E-state index contributed by atoms with van der Waals surface area (Å²) in [5.41, 5.74) is 2.40. The molecule has 0 unspecified atom stereocenters. The highest BCUT2D eigenvalue weighted by atomic mass is 16.4. The largest absolute Gasteiger partial charge is 0.480 e. The number of aryl methyl sites for hydroxylation is 3. The maximum Gasteiger partial charge on any atom is 0.325 e. The van der Waals surface area contributed by atoms with Gasteiger partial charge in [0.2, 0.25) is 0 Å². The van der Waals surface area contributed by atoms with Gasteiger partial charge in [-0.1, -0.05) is 29.8 Å². The van der Waals surface area contributed by atoms with E-state index in [0.717, 1.165) is 6.42 Å². The van der Waals surface area contributed by atoms with Gasteiger partial charge in [-0.15, -0.1) is 5.10 Å². The van der Waals surface area contributed by atoms with Gasteiger partial charge in [-0.2, -0.15) is 0 Å². The molecule has 0 aliphatic heterocycles. The summed E-state index contributed by atoms with van der Waals surface area (Å²) >= 11 is 0. The highest BCUT2D eigenvalue weighted by Crippen LogP contribution is 2.07. The first kappa shape index (κ1) is 12.2. The Morgan fingerprint density at radius 3 is 2.94 bits per heavy atom. The van der Waals surface area contributed by atoms with Crippen molar-refractivity contribution >= 4 is 5.97 Å². The highest BCUT2D eigenvalue weighted by molar-refractivity contribution is 5.66. The average Bonchev–Trinajstić information content (AvgIpc) is 2.73. The van der Waals surface area contributed by atoms with Crippen LogP contribution in [-0.4, -0.2) is 31.3 Å². The molecule has 1 N–H and O–H groups in total. The van der Waals surface area contributed by atoms with E-state index < -0.39 is 5.97 Å². The van der Waals surface area contributed by atoms with Crippen molar-refractivity contribution in [1.29, 1.82) is 0 Å². The Morgan fingerprint density at radius 1 is 1.39 bits per heavy atom. The number of hydrogen-bond acceptors (Lipinski definition) is 4. The molecule has 0 aliphatic rings. The Balaban J connectivity index is 2.02. The van der Waals surface area contributed by atoms with Crippen molar-refractivity contribution in [2.75, 3.05) is 0 Å². The topological polar surface area (TPSA) is 80.9 Å². The molecule has 94 valence electrons. The van der Waals surface area contributed by atoms with Gasteiger partial charge in [-0.25, -0.2) is 4.68 Å². The van der Waals surface area contributed by atoms with Crippen LogP contribution < -0.4 is 0 Å². The van der Waals surface area contributed by atoms with Crippen LogP contribution >= 0.6 is 0 Å². The Morgan fingerprint density at radius 2 is 2.22 bits per heavy atom. The Labute approximate surface area is 104 Å². The number of carbonyl (C=O) groups is 1. The molecule has 2 aromatic rings. The quantitative estimate of drug-likeness (QED) is 0.845. The number of hydrogen-bond donors (Lipinski definition) is 1. The predicted octanol–water partition coefficient (Wildman–Crippen LogP) is 0.851. The maximum absolute atomic E-state index is 10.6. The molecule has 0 saturated heterocycles. The van der Waals surface area contributed by atoms with Gasteiger partial charge >= 0.3 is 5.97 Å². The second-order valence-corrected chi connectivity index (χ2v) is 4.14. The number of carboxylic acid groups (broad SMARTS) is 1. The number of carboxylic acids is 1. The zero-order valence-electron chi connectivity index (χ0n) is 10.1. The average molecular weight is 246 g/mol. The Kier molecular flexibility index (Phi) is 3.66. The van der Waals surface area contributed by atoms with Crippen molar-refractivity contribution in [2.45, 2.75) is 26.3 Å². The number of nitrogens with zero attached hydrogens (tertiary/aromatic N) is 4. The second kappa shape index (κ2) is 5.39. The third-order valence-corrected chi connectivity index (χ3v) is 2.61. The van der Waals surface area contributed by atoms with Crippen molar-refractivity contribution in [3.8, 4) is 0 Å². The van der Waals surface area contributed by atoms with Crippen molar-refractivity contribution in [3.05, 3.63) is 41.2 Å². The summed E-state index contributed by atoms with van der Waals surface area (Å²) in [6, 6.07) is 8.19. The number of tetrazole rings is 1. The number of rotatable bonds is 5. The lowest BCUT2D eigenvalue weighted by Gasteiger charge is -2.03. The molecule has 0 radical (unpaired) electrons. The van der Waals surface area contributed by atoms with Gasteiger partial charge < -0.3 is 5.11 Å². The number of aromatic nitrogens is 4. The van der Waals surface area contributed by atoms with E-state index in [1.54, 1.807) is 0 Å². The molecule has 0 saturated carbocycles. The summed E-state index contributed by atoms with van der Waals surface area (Å²) in [6.07, 6.45) is 1.42. The monoisotopic (exact) mass is 246 g/mol. The van der Waals surface area contributed by atoms with Crippen LogP contribution in [0.3, 0.4) is 0 Å². The fourth-order valence-corrected chi connectivity index (χ4v) is 1.78. The van der Waals surface area contributed by atoms with Crippen LogP contribution in [0.5, 0.6) is 0 Å². The lowest BCUT2D eigenvalue weighted by atomic mass is 10.1. The molecule has 0 bridgehead atoms. The van der Waals surface area contributed by atoms with Crippen LogP contribution in [0.1, 0.15) is 17.0 Å². The van der Waals surface area contributed by atoms with E-state index in [1.165, 1.54) is 15.8 Å². The van der Waals surface area contributed by atoms with E-state index in [1.807, 2.05) is 25.1 Å². The zero-order chi connectivity index (χ0) is 13.0. The fraction of sp³-hybridized carbons (Fsp3) is 0.333. The molecule has 6 heteroatoms. The minimum atomic E-state index is -0.945. The van der Waals surface area contributed by atoms with E-state index in [4.69, 9.17) is 5.11 Å².